The van der Waals surface area contributed by atoms with Crippen LogP contribution in [-0.2, 0) is 4.57 Å². The largest absolute Gasteiger partial charge is 0.279 e. The van der Waals surface area contributed by atoms with E-state index in [2.05, 4.69) is 0 Å². The minimum absolute atomic E-state index is 0. The van der Waals surface area contributed by atoms with Crippen molar-refractivity contribution in [2.45, 2.75) is 0 Å². The minimum atomic E-state index is 0. The van der Waals surface area contributed by atoms with Crippen LogP contribution in [0.3, 0.4) is 0 Å². The van der Waals surface area contributed by atoms with Gasteiger partial charge in [-0.1, -0.05) is 0 Å². The maximum atomic E-state index is 8.06. The van der Waals surface area contributed by atoms with Crippen molar-refractivity contribution in [1.29, 1.82) is 0 Å². The van der Waals surface area contributed by atoms with Crippen LogP contribution in [0.5, 0.6) is 0 Å². The molecule has 4 heteroatoms. The molecule has 0 aromatic rings. The third-order valence-electron chi connectivity index (χ3n) is 0. The van der Waals surface area contributed by atoms with Crippen molar-refractivity contribution >= 4 is 37.4 Å². The molecule has 1 nitrogen and oxygen atoms in total. The fourth-order valence-electron chi connectivity index (χ4n) is 0. The number of hydrogen-bond donors (Lipinski definition) is 0. The van der Waals surface area contributed by atoms with Crippen molar-refractivity contribution in [3.8, 4) is 0 Å². The Morgan fingerprint density at radius 2 is 1.25 bits per heavy atom. The molecular weight excluding hydrogens is 102 g/mol. The molecule has 0 bridgehead atoms. The van der Waals surface area contributed by atoms with E-state index in [1.54, 1.807) is 9.12 Å². The summed E-state index contributed by atoms with van der Waals surface area (Å²) in [4.78, 5) is 0. The molecule has 0 rings (SSSR count). The van der Waals surface area contributed by atoms with Crippen LogP contribution in [0.25, 0.3) is 0 Å². The summed E-state index contributed by atoms with van der Waals surface area (Å²) < 4.78 is 8.06. The molecule has 0 fully saturated rings. The Hall–Kier alpha value is 0.849. The van der Waals surface area contributed by atoms with Gasteiger partial charge in [-0.05, 0) is 11.0 Å². The van der Waals surface area contributed by atoms with E-state index in [0.717, 1.165) is 0 Å². The van der Waals surface area contributed by atoms with Gasteiger partial charge in [0.05, 0.1) is 0 Å². The molecule has 4 heavy (non-hydrogen) atoms. The van der Waals surface area contributed by atoms with Crippen LogP contribution in [0, 0.1) is 0 Å². The smallest absolute Gasteiger partial charge is 0.187 e. The molecule has 0 atom stereocenters. The highest BCUT2D eigenvalue weighted by molar-refractivity contribution is 7.00. The van der Waals surface area contributed by atoms with Crippen LogP contribution >= 0.6 is 9.12 Å². The zero-order valence-corrected chi connectivity index (χ0v) is 1.91. The Labute approximate surface area is 42.6 Å². The van der Waals surface area contributed by atoms with Gasteiger partial charge in [0.25, 0.3) is 0 Å². The van der Waals surface area contributed by atoms with Crippen molar-refractivity contribution in [2.24, 2.45) is 0 Å². The molecule has 0 spiro atoms. The van der Waals surface area contributed by atoms with Crippen molar-refractivity contribution in [2.75, 3.05) is 0 Å². The molecule has 0 N–H and O–H groups in total. The molecule has 0 aliphatic carbocycles. The lowest BCUT2D eigenvalue weighted by molar-refractivity contribution is 0.607. The summed E-state index contributed by atoms with van der Waals surface area (Å²) >= 11 is 0. The Bertz CT molecular complexity index is 8.00. The molecule has 26 valence electrons. The van der Waals surface area contributed by atoms with Gasteiger partial charge < -0.3 is 0 Å². The molecule has 0 aromatic carbocycles. The Kier molecular flexibility index (Phi) is 228. The van der Waals surface area contributed by atoms with Crippen LogP contribution < -0.4 is 0 Å². The summed E-state index contributed by atoms with van der Waals surface area (Å²) in [5, 5.41) is 0. The maximum Gasteiger partial charge on any atom is 0.187 e. The highest BCUT2D eigenvalue weighted by atomic mass is 31.0. The van der Waals surface area contributed by atoms with Crippen molar-refractivity contribution < 1.29 is 4.57 Å². The standard InChI is InChI=1S/Al.HOP.H4Si.3H/c;1-2;;;;/h;2H;1H4;;;. The van der Waals surface area contributed by atoms with Gasteiger partial charge in [-0.2, -0.15) is 0 Å². The third kappa shape index (κ3) is 13.5. The first-order valence-corrected chi connectivity index (χ1v) is 0.612. The molecule has 0 radical (unpaired) electrons. The van der Waals surface area contributed by atoms with Crippen molar-refractivity contribution in [3.05, 3.63) is 0 Å². The summed E-state index contributed by atoms with van der Waals surface area (Å²) in [5.41, 5.74) is 0. The van der Waals surface area contributed by atoms with Crippen LogP contribution in [0.2, 0.25) is 0 Å². The molecule has 0 aromatic heterocycles. The molecule has 0 heterocycles. The van der Waals surface area contributed by atoms with Gasteiger partial charge in [-0.15, -0.1) is 0 Å². The Morgan fingerprint density at radius 3 is 1.25 bits per heavy atom. The minimum Gasteiger partial charge on any atom is -0.279 e. The van der Waals surface area contributed by atoms with Gasteiger partial charge in [0, 0.05) is 0 Å². The SMILES string of the molecule is O=P.[AlH3].[SiH4]. The van der Waals surface area contributed by atoms with Gasteiger partial charge in [-0.3, -0.25) is 4.57 Å². The lowest BCUT2D eigenvalue weighted by atomic mass is 16.0. The van der Waals surface area contributed by atoms with E-state index < -0.39 is 0 Å². The van der Waals surface area contributed by atoms with E-state index in [1.165, 1.54) is 0 Å². The second-order valence-electron chi connectivity index (χ2n) is 0. The lowest BCUT2D eigenvalue weighted by Gasteiger charge is -0.807. The highest BCUT2D eigenvalue weighted by Gasteiger charge is 0.667. The fourth-order valence-corrected chi connectivity index (χ4v) is 0. The van der Waals surface area contributed by atoms with E-state index in [-0.39, 0.29) is 28.3 Å². The van der Waals surface area contributed by atoms with Crippen LogP contribution in [0.1, 0.15) is 0 Å². The zero-order valence-electron chi connectivity index (χ0n) is 0.908. The summed E-state index contributed by atoms with van der Waals surface area (Å²) in [6, 6.07) is 0. The summed E-state index contributed by atoms with van der Waals surface area (Å²) in [6.45, 7) is 0. The van der Waals surface area contributed by atoms with Crippen molar-refractivity contribution in [1.82, 2.24) is 0 Å². The van der Waals surface area contributed by atoms with Gasteiger partial charge in [0.1, 0.15) is 9.12 Å². The summed E-state index contributed by atoms with van der Waals surface area (Å²) in [7, 11) is 1.72. The van der Waals surface area contributed by atoms with Crippen LogP contribution in [0.15, 0.2) is 0 Å². The maximum absolute atomic E-state index is 8.06. The van der Waals surface area contributed by atoms with Crippen molar-refractivity contribution in [3.63, 3.8) is 0 Å². The summed E-state index contributed by atoms with van der Waals surface area (Å²) in [5.74, 6) is 0. The molecular formula is H8AlOPSi. The zero-order chi connectivity index (χ0) is 2.00. The first kappa shape index (κ1) is 21.0. The predicted octanol–water partition coefficient (Wildman–Crippen LogP) is -2.16. The average molecular weight is 110 g/mol. The predicted molar refractivity (Wildman–Crippen MR) is 30.3 cm³/mol. The highest BCUT2D eigenvalue weighted by Crippen LogP contribution is 1.23. The first-order chi connectivity index (χ1) is 1.00. The number of rotatable bonds is 0. The van der Waals surface area contributed by atoms with Gasteiger partial charge in [0.15, 0.2) is 17.4 Å². The fraction of sp³-hybridized carbons (Fsp3) is 0. The molecule has 0 saturated heterocycles. The lowest BCUT2D eigenvalue weighted by Crippen LogP contribution is -0.489. The molecule has 0 aliphatic heterocycles. The number of hydrogen-bond acceptors (Lipinski definition) is 1. The van der Waals surface area contributed by atoms with E-state index in [4.69, 9.17) is 4.57 Å². The normalized spacial score (nSPS) is 1.00. The second kappa shape index (κ2) is 43.3. The average Bonchev–Trinajstić information content (AvgIpc) is 1.00. The van der Waals surface area contributed by atoms with Gasteiger partial charge in [-0.25, -0.2) is 0 Å². The van der Waals surface area contributed by atoms with Gasteiger partial charge in [0.2, 0.25) is 0 Å². The van der Waals surface area contributed by atoms with E-state index >= 15 is 0 Å². The molecule has 0 unspecified atom stereocenters. The Balaban J connectivity index is -0.00000000500. The molecule has 0 amide bonds. The molecule has 0 aliphatic rings. The topological polar surface area (TPSA) is 17.1 Å². The monoisotopic (exact) mass is 110 g/mol. The van der Waals surface area contributed by atoms with E-state index in [1.807, 2.05) is 0 Å². The quantitative estimate of drug-likeness (QED) is 0.256. The summed E-state index contributed by atoms with van der Waals surface area (Å²) in [6.07, 6.45) is 0. The van der Waals surface area contributed by atoms with E-state index in [9.17, 15) is 0 Å². The first-order valence-electron chi connectivity index (χ1n) is 0.204. The Morgan fingerprint density at radius 1 is 1.25 bits per heavy atom. The molecule has 0 saturated carbocycles. The second-order valence-corrected chi connectivity index (χ2v) is 0. The van der Waals surface area contributed by atoms with Crippen LogP contribution in [0.4, 0.5) is 0 Å². The third-order valence-corrected chi connectivity index (χ3v) is 0. The van der Waals surface area contributed by atoms with Crippen LogP contribution in [-0.4, -0.2) is 28.3 Å². The van der Waals surface area contributed by atoms with Gasteiger partial charge >= 0.3 is 0 Å². The van der Waals surface area contributed by atoms with E-state index in [0.29, 0.717) is 0 Å².